The minimum atomic E-state index is 0.0666. The maximum atomic E-state index is 5.89. The maximum Gasteiger partial charge on any atom is 0.150 e. The summed E-state index contributed by atoms with van der Waals surface area (Å²) in [6.07, 6.45) is 5.59. The SMILES string of the molecule is CCN(C)Cc1cn(C2CCCCO2)nc1-c1ccc(N)cc1. The molecule has 3 rings (SSSR count). The van der Waals surface area contributed by atoms with Crippen molar-refractivity contribution in [3.63, 3.8) is 0 Å². The van der Waals surface area contributed by atoms with Gasteiger partial charge in [-0.1, -0.05) is 19.1 Å². The highest BCUT2D eigenvalue weighted by molar-refractivity contribution is 5.64. The van der Waals surface area contributed by atoms with Crippen LogP contribution in [0.25, 0.3) is 11.3 Å². The van der Waals surface area contributed by atoms with Crippen LogP contribution < -0.4 is 5.73 Å². The second kappa shape index (κ2) is 7.15. The van der Waals surface area contributed by atoms with Crippen molar-refractivity contribution in [1.29, 1.82) is 0 Å². The van der Waals surface area contributed by atoms with Crippen molar-refractivity contribution in [2.45, 2.75) is 39.0 Å². The Morgan fingerprint density at radius 2 is 2.09 bits per heavy atom. The molecule has 1 atom stereocenters. The number of aromatic nitrogens is 2. The number of nitrogen functional groups attached to an aromatic ring is 1. The van der Waals surface area contributed by atoms with Crippen LogP contribution in [0.3, 0.4) is 0 Å². The number of nitrogens with two attached hydrogens (primary N) is 1. The Labute approximate surface area is 138 Å². The summed E-state index contributed by atoms with van der Waals surface area (Å²) in [4.78, 5) is 2.28. The normalized spacial score (nSPS) is 18.5. The summed E-state index contributed by atoms with van der Waals surface area (Å²) in [5.74, 6) is 0. The Morgan fingerprint density at radius 3 is 2.74 bits per heavy atom. The van der Waals surface area contributed by atoms with Crippen molar-refractivity contribution in [3.05, 3.63) is 36.0 Å². The van der Waals surface area contributed by atoms with Gasteiger partial charge in [-0.15, -0.1) is 0 Å². The van der Waals surface area contributed by atoms with Crippen LogP contribution in [0, 0.1) is 0 Å². The molecular weight excluding hydrogens is 288 g/mol. The Hall–Kier alpha value is -1.85. The first kappa shape index (κ1) is 16.0. The molecular formula is C18H26N4O. The number of anilines is 1. The number of hydrogen-bond acceptors (Lipinski definition) is 4. The molecule has 5 nitrogen and oxygen atoms in total. The largest absolute Gasteiger partial charge is 0.399 e. The Balaban J connectivity index is 1.94. The fourth-order valence-electron chi connectivity index (χ4n) is 2.91. The molecule has 0 radical (unpaired) electrons. The van der Waals surface area contributed by atoms with Gasteiger partial charge in [-0.25, -0.2) is 4.68 Å². The molecule has 1 unspecified atom stereocenters. The molecule has 0 aliphatic carbocycles. The minimum Gasteiger partial charge on any atom is -0.399 e. The summed E-state index contributed by atoms with van der Waals surface area (Å²) in [6.45, 7) is 4.87. The van der Waals surface area contributed by atoms with E-state index in [-0.39, 0.29) is 6.23 Å². The third kappa shape index (κ3) is 3.74. The first-order chi connectivity index (χ1) is 11.2. The van der Waals surface area contributed by atoms with Gasteiger partial charge in [0.05, 0.1) is 5.69 Å². The molecule has 1 aromatic heterocycles. The molecule has 1 aliphatic heterocycles. The monoisotopic (exact) mass is 314 g/mol. The standard InChI is InChI=1S/C18H26N4O/c1-3-21(2)12-15-13-22(17-6-4-5-11-23-17)20-18(15)14-7-9-16(19)10-8-14/h7-10,13,17H,3-6,11-12,19H2,1-2H3. The zero-order valence-electron chi connectivity index (χ0n) is 14.0. The van der Waals surface area contributed by atoms with E-state index in [1.54, 1.807) is 0 Å². The van der Waals surface area contributed by atoms with Gasteiger partial charge in [-0.05, 0) is 45.0 Å². The highest BCUT2D eigenvalue weighted by atomic mass is 16.5. The number of rotatable bonds is 5. The van der Waals surface area contributed by atoms with Crippen LogP contribution in [0.2, 0.25) is 0 Å². The Morgan fingerprint density at radius 1 is 1.30 bits per heavy atom. The van der Waals surface area contributed by atoms with E-state index in [9.17, 15) is 0 Å². The molecule has 1 aromatic carbocycles. The fourth-order valence-corrected chi connectivity index (χ4v) is 2.91. The molecule has 0 bridgehead atoms. The van der Waals surface area contributed by atoms with E-state index in [0.717, 1.165) is 49.5 Å². The molecule has 0 saturated carbocycles. The number of benzene rings is 1. The van der Waals surface area contributed by atoms with Gasteiger partial charge in [0.2, 0.25) is 0 Å². The predicted molar refractivity (Wildman–Crippen MR) is 92.9 cm³/mol. The van der Waals surface area contributed by atoms with Crippen molar-refractivity contribution in [3.8, 4) is 11.3 Å². The van der Waals surface area contributed by atoms with E-state index in [1.807, 2.05) is 28.9 Å². The topological polar surface area (TPSA) is 56.3 Å². The summed E-state index contributed by atoms with van der Waals surface area (Å²) in [5.41, 5.74) is 9.95. The molecule has 2 N–H and O–H groups in total. The van der Waals surface area contributed by atoms with E-state index in [0.29, 0.717) is 0 Å². The number of hydrogen-bond donors (Lipinski definition) is 1. The van der Waals surface area contributed by atoms with Crippen molar-refractivity contribution < 1.29 is 4.74 Å². The minimum absolute atomic E-state index is 0.0666. The van der Waals surface area contributed by atoms with Crippen molar-refractivity contribution in [2.75, 3.05) is 25.9 Å². The second-order valence-electron chi connectivity index (χ2n) is 6.26. The summed E-state index contributed by atoms with van der Waals surface area (Å²) >= 11 is 0. The lowest BCUT2D eigenvalue weighted by atomic mass is 10.1. The van der Waals surface area contributed by atoms with Gasteiger partial charge in [-0.3, -0.25) is 0 Å². The van der Waals surface area contributed by atoms with Gasteiger partial charge in [0.1, 0.15) is 6.23 Å². The van der Waals surface area contributed by atoms with Gasteiger partial charge in [-0.2, -0.15) is 5.10 Å². The van der Waals surface area contributed by atoms with E-state index in [4.69, 9.17) is 15.6 Å². The third-order valence-corrected chi connectivity index (χ3v) is 4.42. The number of ether oxygens (including phenoxy) is 1. The van der Waals surface area contributed by atoms with Crippen molar-refractivity contribution in [1.82, 2.24) is 14.7 Å². The third-order valence-electron chi connectivity index (χ3n) is 4.42. The highest BCUT2D eigenvalue weighted by Crippen LogP contribution is 2.28. The van der Waals surface area contributed by atoms with E-state index in [2.05, 4.69) is 25.1 Å². The average molecular weight is 314 g/mol. The molecule has 1 aliphatic rings. The molecule has 2 heterocycles. The van der Waals surface area contributed by atoms with Crippen molar-refractivity contribution >= 4 is 5.69 Å². The maximum absolute atomic E-state index is 5.89. The number of nitrogens with zero attached hydrogens (tertiary/aromatic N) is 3. The summed E-state index contributed by atoms with van der Waals surface area (Å²) < 4.78 is 7.89. The van der Waals surface area contributed by atoms with Gasteiger partial charge >= 0.3 is 0 Å². The molecule has 2 aromatic rings. The van der Waals surface area contributed by atoms with Gasteiger partial charge < -0.3 is 15.4 Å². The van der Waals surface area contributed by atoms with Crippen LogP contribution in [0.15, 0.2) is 30.5 Å². The smallest absolute Gasteiger partial charge is 0.150 e. The van der Waals surface area contributed by atoms with E-state index >= 15 is 0 Å². The fraction of sp³-hybridized carbons (Fsp3) is 0.500. The average Bonchev–Trinajstić information content (AvgIpc) is 3.00. The van der Waals surface area contributed by atoms with Crippen LogP contribution in [0.1, 0.15) is 38.0 Å². The van der Waals surface area contributed by atoms with E-state index < -0.39 is 0 Å². The molecule has 1 saturated heterocycles. The zero-order chi connectivity index (χ0) is 16.2. The first-order valence-electron chi connectivity index (χ1n) is 8.41. The summed E-state index contributed by atoms with van der Waals surface area (Å²) in [5, 5.41) is 4.85. The zero-order valence-corrected chi connectivity index (χ0v) is 14.0. The lowest BCUT2D eigenvalue weighted by Gasteiger charge is -2.22. The molecule has 124 valence electrons. The molecule has 0 amide bonds. The van der Waals surface area contributed by atoms with Crippen LogP contribution in [-0.2, 0) is 11.3 Å². The van der Waals surface area contributed by atoms with Crippen LogP contribution in [0.5, 0.6) is 0 Å². The van der Waals surface area contributed by atoms with Crippen LogP contribution in [0.4, 0.5) is 5.69 Å². The van der Waals surface area contributed by atoms with Gasteiger partial charge in [0.25, 0.3) is 0 Å². The summed E-state index contributed by atoms with van der Waals surface area (Å²) in [7, 11) is 2.13. The lowest BCUT2D eigenvalue weighted by molar-refractivity contribution is -0.0394. The molecule has 0 spiro atoms. The highest BCUT2D eigenvalue weighted by Gasteiger charge is 2.20. The van der Waals surface area contributed by atoms with E-state index in [1.165, 1.54) is 12.0 Å². The summed E-state index contributed by atoms with van der Waals surface area (Å²) in [6, 6.07) is 7.94. The van der Waals surface area contributed by atoms with Crippen molar-refractivity contribution in [2.24, 2.45) is 0 Å². The Bertz CT molecular complexity index is 629. The van der Waals surface area contributed by atoms with Gasteiger partial charge in [0.15, 0.2) is 0 Å². The predicted octanol–water partition coefficient (Wildman–Crippen LogP) is 3.28. The lowest BCUT2D eigenvalue weighted by Crippen LogP contribution is -2.19. The second-order valence-corrected chi connectivity index (χ2v) is 6.26. The molecule has 1 fully saturated rings. The Kier molecular flexibility index (Phi) is 4.98. The van der Waals surface area contributed by atoms with Crippen LogP contribution in [-0.4, -0.2) is 34.9 Å². The van der Waals surface area contributed by atoms with Gasteiger partial charge in [0, 0.05) is 36.2 Å². The molecule has 5 heteroatoms. The first-order valence-corrected chi connectivity index (χ1v) is 8.41. The molecule has 23 heavy (non-hydrogen) atoms. The van der Waals surface area contributed by atoms with Crippen LogP contribution >= 0.6 is 0 Å². The quantitative estimate of drug-likeness (QED) is 0.861.